The van der Waals surface area contributed by atoms with Crippen molar-refractivity contribution >= 4 is 33.2 Å². The van der Waals surface area contributed by atoms with E-state index >= 15 is 0 Å². The molecule has 1 aliphatic heterocycles. The van der Waals surface area contributed by atoms with Gasteiger partial charge in [0.2, 0.25) is 16.0 Å². The highest BCUT2D eigenvalue weighted by molar-refractivity contribution is 7.91. The summed E-state index contributed by atoms with van der Waals surface area (Å²) < 4.78 is 40.3. The summed E-state index contributed by atoms with van der Waals surface area (Å²) in [5.41, 5.74) is 2.58. The van der Waals surface area contributed by atoms with E-state index in [-0.39, 0.29) is 5.75 Å². The summed E-state index contributed by atoms with van der Waals surface area (Å²) in [6.45, 7) is 3.94. The van der Waals surface area contributed by atoms with Gasteiger partial charge in [0.15, 0.2) is 0 Å². The second-order valence-electron chi connectivity index (χ2n) is 7.58. The van der Waals surface area contributed by atoms with Gasteiger partial charge < -0.3 is 10.2 Å². The van der Waals surface area contributed by atoms with E-state index in [1.165, 1.54) is 37.1 Å². The van der Waals surface area contributed by atoms with Gasteiger partial charge in [0.25, 0.3) is 0 Å². The lowest BCUT2D eigenvalue weighted by molar-refractivity contribution is 0.600. The molecule has 0 spiro atoms. The number of aromatic nitrogens is 2. The van der Waals surface area contributed by atoms with E-state index in [1.54, 1.807) is 24.3 Å². The molecule has 3 aromatic rings. The SMILES string of the molecule is Cc1cc(N2CCCC2)nc(Nc2ccc(NS(=O)(=O)Cc3ccc(F)cc3)cc2)n1. The summed E-state index contributed by atoms with van der Waals surface area (Å²) in [5, 5.41) is 3.18. The molecule has 1 aliphatic rings. The minimum absolute atomic E-state index is 0.232. The average Bonchev–Trinajstić information content (AvgIpc) is 3.25. The Bertz CT molecular complexity index is 1150. The first-order valence-electron chi connectivity index (χ1n) is 10.1. The fraction of sp³-hybridized carbons (Fsp3) is 0.273. The maximum Gasteiger partial charge on any atom is 0.236 e. The van der Waals surface area contributed by atoms with Gasteiger partial charge in [0.1, 0.15) is 11.6 Å². The Kier molecular flexibility index (Phi) is 6.03. The van der Waals surface area contributed by atoms with Crippen molar-refractivity contribution in [3.8, 4) is 0 Å². The molecule has 1 fully saturated rings. The lowest BCUT2D eigenvalue weighted by Crippen LogP contribution is -2.19. The predicted molar refractivity (Wildman–Crippen MR) is 121 cm³/mol. The highest BCUT2D eigenvalue weighted by Gasteiger charge is 2.15. The molecular weight excluding hydrogens is 417 g/mol. The molecule has 2 heterocycles. The molecule has 0 saturated carbocycles. The van der Waals surface area contributed by atoms with Crippen LogP contribution in [0.5, 0.6) is 0 Å². The molecule has 4 rings (SSSR count). The quantitative estimate of drug-likeness (QED) is 0.571. The zero-order valence-corrected chi connectivity index (χ0v) is 18.0. The number of hydrogen-bond acceptors (Lipinski definition) is 6. The normalized spacial score (nSPS) is 13.9. The third kappa shape index (κ3) is 5.69. The molecule has 0 atom stereocenters. The Labute approximate surface area is 181 Å². The molecule has 0 amide bonds. The Hall–Kier alpha value is -3.20. The molecule has 0 unspecified atom stereocenters. The molecule has 9 heteroatoms. The monoisotopic (exact) mass is 441 g/mol. The smallest absolute Gasteiger partial charge is 0.236 e. The number of nitrogens with zero attached hydrogens (tertiary/aromatic N) is 3. The van der Waals surface area contributed by atoms with Crippen LogP contribution in [0, 0.1) is 12.7 Å². The second kappa shape index (κ2) is 8.89. The van der Waals surface area contributed by atoms with Crippen LogP contribution < -0.4 is 14.9 Å². The molecular formula is C22H24FN5O2S. The predicted octanol–water partition coefficient (Wildman–Crippen LogP) is 4.21. The molecule has 1 aromatic heterocycles. The highest BCUT2D eigenvalue weighted by Crippen LogP contribution is 2.23. The summed E-state index contributed by atoms with van der Waals surface area (Å²) in [6, 6.07) is 14.2. The van der Waals surface area contributed by atoms with Gasteiger partial charge in [-0.2, -0.15) is 4.98 Å². The van der Waals surface area contributed by atoms with E-state index in [1.807, 2.05) is 13.0 Å². The Morgan fingerprint density at radius 1 is 0.968 bits per heavy atom. The maximum absolute atomic E-state index is 13.0. The van der Waals surface area contributed by atoms with Crippen molar-refractivity contribution in [2.24, 2.45) is 0 Å². The number of aryl methyl sites for hydroxylation is 1. The van der Waals surface area contributed by atoms with E-state index in [4.69, 9.17) is 0 Å². The van der Waals surface area contributed by atoms with Crippen LogP contribution in [0.25, 0.3) is 0 Å². The van der Waals surface area contributed by atoms with E-state index < -0.39 is 15.8 Å². The third-order valence-electron chi connectivity index (χ3n) is 4.96. The van der Waals surface area contributed by atoms with Crippen LogP contribution in [0.4, 0.5) is 27.5 Å². The highest BCUT2D eigenvalue weighted by atomic mass is 32.2. The maximum atomic E-state index is 13.0. The number of benzene rings is 2. The van der Waals surface area contributed by atoms with Gasteiger partial charge in [0, 0.05) is 36.2 Å². The van der Waals surface area contributed by atoms with Gasteiger partial charge >= 0.3 is 0 Å². The van der Waals surface area contributed by atoms with Crippen LogP contribution in [-0.2, 0) is 15.8 Å². The Morgan fingerprint density at radius 2 is 1.61 bits per heavy atom. The number of anilines is 4. The van der Waals surface area contributed by atoms with Crippen molar-refractivity contribution in [1.29, 1.82) is 0 Å². The number of sulfonamides is 1. The number of rotatable bonds is 7. The zero-order valence-electron chi connectivity index (χ0n) is 17.2. The summed E-state index contributed by atoms with van der Waals surface area (Å²) in [4.78, 5) is 11.3. The topological polar surface area (TPSA) is 87.2 Å². The van der Waals surface area contributed by atoms with E-state index in [2.05, 4.69) is 24.9 Å². The van der Waals surface area contributed by atoms with Gasteiger partial charge in [0.05, 0.1) is 5.75 Å². The fourth-order valence-corrected chi connectivity index (χ4v) is 4.68. The van der Waals surface area contributed by atoms with E-state index in [9.17, 15) is 12.8 Å². The van der Waals surface area contributed by atoms with Gasteiger partial charge in [-0.1, -0.05) is 12.1 Å². The number of halogens is 1. The molecule has 162 valence electrons. The Morgan fingerprint density at radius 3 is 2.29 bits per heavy atom. The minimum Gasteiger partial charge on any atom is -0.356 e. The van der Waals surface area contributed by atoms with Gasteiger partial charge in [-0.3, -0.25) is 4.72 Å². The van der Waals surface area contributed by atoms with Crippen LogP contribution in [-0.4, -0.2) is 31.5 Å². The molecule has 0 bridgehead atoms. The number of nitrogens with one attached hydrogen (secondary N) is 2. The van der Waals surface area contributed by atoms with Crippen molar-refractivity contribution in [3.05, 3.63) is 71.7 Å². The van der Waals surface area contributed by atoms with Crippen LogP contribution in [0.1, 0.15) is 24.1 Å². The van der Waals surface area contributed by atoms with Gasteiger partial charge in [-0.15, -0.1) is 0 Å². The van der Waals surface area contributed by atoms with E-state index in [0.717, 1.165) is 30.3 Å². The molecule has 2 aromatic carbocycles. The molecule has 2 N–H and O–H groups in total. The lowest BCUT2D eigenvalue weighted by atomic mass is 10.2. The Balaban J connectivity index is 1.42. The van der Waals surface area contributed by atoms with Gasteiger partial charge in [-0.25, -0.2) is 17.8 Å². The van der Waals surface area contributed by atoms with Crippen LogP contribution in [0.3, 0.4) is 0 Å². The molecule has 0 aliphatic carbocycles. The molecule has 1 saturated heterocycles. The first-order valence-corrected chi connectivity index (χ1v) is 11.7. The van der Waals surface area contributed by atoms with Gasteiger partial charge in [-0.05, 0) is 61.7 Å². The fourth-order valence-electron chi connectivity index (χ4n) is 3.48. The third-order valence-corrected chi connectivity index (χ3v) is 6.22. The van der Waals surface area contributed by atoms with Crippen molar-refractivity contribution in [1.82, 2.24) is 9.97 Å². The zero-order chi connectivity index (χ0) is 21.8. The first-order chi connectivity index (χ1) is 14.9. The van der Waals surface area contributed by atoms with Crippen molar-refractivity contribution in [2.45, 2.75) is 25.5 Å². The summed E-state index contributed by atoms with van der Waals surface area (Å²) in [6.07, 6.45) is 2.34. The lowest BCUT2D eigenvalue weighted by Gasteiger charge is -2.17. The van der Waals surface area contributed by atoms with Crippen molar-refractivity contribution in [2.75, 3.05) is 28.0 Å². The van der Waals surface area contributed by atoms with Crippen molar-refractivity contribution < 1.29 is 12.8 Å². The van der Waals surface area contributed by atoms with Crippen LogP contribution >= 0.6 is 0 Å². The summed E-state index contributed by atoms with van der Waals surface area (Å²) in [7, 11) is -3.62. The summed E-state index contributed by atoms with van der Waals surface area (Å²) >= 11 is 0. The van der Waals surface area contributed by atoms with Crippen LogP contribution in [0.2, 0.25) is 0 Å². The first kappa shape index (κ1) is 21.0. The molecule has 0 radical (unpaired) electrons. The second-order valence-corrected chi connectivity index (χ2v) is 9.30. The molecule has 7 nitrogen and oxygen atoms in total. The number of hydrogen-bond donors (Lipinski definition) is 2. The average molecular weight is 442 g/mol. The minimum atomic E-state index is -3.62. The van der Waals surface area contributed by atoms with Crippen molar-refractivity contribution in [3.63, 3.8) is 0 Å². The molecule has 31 heavy (non-hydrogen) atoms. The van der Waals surface area contributed by atoms with Crippen LogP contribution in [0.15, 0.2) is 54.6 Å². The largest absolute Gasteiger partial charge is 0.356 e. The standard InChI is InChI=1S/C22H24FN5O2S/c1-16-14-21(28-12-2-3-13-28)26-22(24-16)25-19-8-10-20(11-9-19)27-31(29,30)15-17-4-6-18(23)7-5-17/h4-11,14,27H,2-3,12-13,15H2,1H3,(H,24,25,26). The summed E-state index contributed by atoms with van der Waals surface area (Å²) in [5.74, 6) is 0.788. The van der Waals surface area contributed by atoms with E-state index in [0.29, 0.717) is 17.2 Å².